The number of anilines is 2. The van der Waals surface area contributed by atoms with Crippen LogP contribution in [0.15, 0.2) is 48.5 Å². The summed E-state index contributed by atoms with van der Waals surface area (Å²) in [5.74, 6) is 0.735. The molecule has 2 N–H and O–H groups in total. The standard InChI is InChI=1S/C20H25N3O4/c1-5-27-20(25)22-16-12-10-15(11-13-16)21-19(24)23(3)14(2)17-8-6-7-9-18(17)26-4/h6-14H,5H2,1-4H3,(H,21,24)(H,22,25)/t14-/m1/s1. The predicted octanol–water partition coefficient (Wildman–Crippen LogP) is 4.49. The van der Waals surface area contributed by atoms with Crippen LogP contribution >= 0.6 is 0 Å². The Labute approximate surface area is 159 Å². The molecule has 0 heterocycles. The lowest BCUT2D eigenvalue weighted by Gasteiger charge is -2.26. The van der Waals surface area contributed by atoms with Gasteiger partial charge in [0.25, 0.3) is 0 Å². The Balaban J connectivity index is 2.00. The zero-order valence-electron chi connectivity index (χ0n) is 16.0. The van der Waals surface area contributed by atoms with Crippen LogP contribution in [0.5, 0.6) is 5.75 Å². The van der Waals surface area contributed by atoms with Crippen molar-refractivity contribution >= 4 is 23.5 Å². The molecule has 7 heteroatoms. The summed E-state index contributed by atoms with van der Waals surface area (Å²) in [5.41, 5.74) is 2.13. The van der Waals surface area contributed by atoms with Gasteiger partial charge in [-0.1, -0.05) is 18.2 Å². The maximum Gasteiger partial charge on any atom is 0.411 e. The zero-order valence-corrected chi connectivity index (χ0v) is 16.0. The number of amides is 3. The van der Waals surface area contributed by atoms with Gasteiger partial charge in [0.2, 0.25) is 0 Å². The number of urea groups is 1. The third-order valence-corrected chi connectivity index (χ3v) is 4.15. The summed E-state index contributed by atoms with van der Waals surface area (Å²) < 4.78 is 10.2. The van der Waals surface area contributed by atoms with Gasteiger partial charge in [0.1, 0.15) is 5.75 Å². The van der Waals surface area contributed by atoms with Crippen LogP contribution in [-0.2, 0) is 4.74 Å². The largest absolute Gasteiger partial charge is 0.496 e. The molecule has 3 amide bonds. The van der Waals surface area contributed by atoms with E-state index >= 15 is 0 Å². The summed E-state index contributed by atoms with van der Waals surface area (Å²) >= 11 is 0. The molecule has 0 fully saturated rings. The number of carbonyl (C=O) groups excluding carboxylic acids is 2. The van der Waals surface area contributed by atoms with Gasteiger partial charge in [0, 0.05) is 24.0 Å². The van der Waals surface area contributed by atoms with Crippen LogP contribution < -0.4 is 15.4 Å². The van der Waals surface area contributed by atoms with Crippen LogP contribution in [-0.4, -0.2) is 37.8 Å². The number of carbonyl (C=O) groups is 2. The molecule has 144 valence electrons. The highest BCUT2D eigenvalue weighted by Gasteiger charge is 2.20. The molecule has 0 unspecified atom stereocenters. The molecule has 2 aromatic carbocycles. The molecular weight excluding hydrogens is 346 g/mol. The molecule has 0 bridgehead atoms. The topological polar surface area (TPSA) is 79.9 Å². The second kappa shape index (κ2) is 9.47. The van der Waals surface area contributed by atoms with Gasteiger partial charge in [-0.3, -0.25) is 5.32 Å². The van der Waals surface area contributed by atoms with E-state index < -0.39 is 6.09 Å². The Morgan fingerprint density at radius 3 is 2.22 bits per heavy atom. The predicted molar refractivity (Wildman–Crippen MR) is 105 cm³/mol. The fourth-order valence-electron chi connectivity index (χ4n) is 2.53. The van der Waals surface area contributed by atoms with Gasteiger partial charge in [-0.2, -0.15) is 0 Å². The van der Waals surface area contributed by atoms with Crippen molar-refractivity contribution in [1.82, 2.24) is 4.90 Å². The van der Waals surface area contributed by atoms with Crippen molar-refractivity contribution in [2.45, 2.75) is 19.9 Å². The average molecular weight is 371 g/mol. The molecule has 0 aliphatic heterocycles. The van der Waals surface area contributed by atoms with Crippen LogP contribution in [0.4, 0.5) is 21.0 Å². The summed E-state index contributed by atoms with van der Waals surface area (Å²) in [7, 11) is 3.33. The molecule has 0 saturated carbocycles. The number of rotatable bonds is 6. The Bertz CT molecular complexity index is 777. The quantitative estimate of drug-likeness (QED) is 0.784. The highest BCUT2D eigenvalue weighted by molar-refractivity contribution is 5.90. The highest BCUT2D eigenvalue weighted by atomic mass is 16.5. The number of nitrogens with zero attached hydrogens (tertiary/aromatic N) is 1. The van der Waals surface area contributed by atoms with Crippen molar-refractivity contribution < 1.29 is 19.1 Å². The summed E-state index contributed by atoms with van der Waals surface area (Å²) in [4.78, 5) is 25.6. The van der Waals surface area contributed by atoms with Crippen molar-refractivity contribution in [1.29, 1.82) is 0 Å². The maximum atomic E-state index is 12.6. The fourth-order valence-corrected chi connectivity index (χ4v) is 2.53. The summed E-state index contributed by atoms with van der Waals surface area (Å²) in [6.07, 6.45) is -0.514. The lowest BCUT2D eigenvalue weighted by molar-refractivity contribution is 0.168. The van der Waals surface area contributed by atoms with Crippen molar-refractivity contribution in [3.8, 4) is 5.75 Å². The van der Waals surface area contributed by atoms with E-state index in [0.717, 1.165) is 11.3 Å². The van der Waals surface area contributed by atoms with Gasteiger partial charge < -0.3 is 19.7 Å². The monoisotopic (exact) mass is 371 g/mol. The normalized spacial score (nSPS) is 11.3. The minimum atomic E-state index is -0.514. The summed E-state index contributed by atoms with van der Waals surface area (Å²) in [6, 6.07) is 14.0. The second-order valence-electron chi connectivity index (χ2n) is 5.88. The maximum absolute atomic E-state index is 12.6. The number of para-hydroxylation sites is 1. The summed E-state index contributed by atoms with van der Waals surface area (Å²) in [5, 5.41) is 5.44. The second-order valence-corrected chi connectivity index (χ2v) is 5.88. The van der Waals surface area contributed by atoms with E-state index in [-0.39, 0.29) is 12.1 Å². The van der Waals surface area contributed by atoms with E-state index in [1.54, 1.807) is 50.2 Å². The Morgan fingerprint density at radius 2 is 1.63 bits per heavy atom. The van der Waals surface area contributed by atoms with E-state index in [1.807, 2.05) is 31.2 Å². The van der Waals surface area contributed by atoms with Crippen LogP contribution in [0, 0.1) is 0 Å². The van der Waals surface area contributed by atoms with Gasteiger partial charge in [0.15, 0.2) is 0 Å². The van der Waals surface area contributed by atoms with Crippen LogP contribution in [0.25, 0.3) is 0 Å². The number of benzene rings is 2. The highest BCUT2D eigenvalue weighted by Crippen LogP contribution is 2.28. The minimum Gasteiger partial charge on any atom is -0.496 e. The van der Waals surface area contributed by atoms with E-state index in [2.05, 4.69) is 10.6 Å². The summed E-state index contributed by atoms with van der Waals surface area (Å²) in [6.45, 7) is 3.97. The molecule has 27 heavy (non-hydrogen) atoms. The van der Waals surface area contributed by atoms with E-state index in [1.165, 1.54) is 0 Å². The van der Waals surface area contributed by atoms with E-state index in [9.17, 15) is 9.59 Å². The van der Waals surface area contributed by atoms with Crippen molar-refractivity contribution in [2.24, 2.45) is 0 Å². The SMILES string of the molecule is CCOC(=O)Nc1ccc(NC(=O)N(C)[C@H](C)c2ccccc2OC)cc1. The average Bonchev–Trinajstić information content (AvgIpc) is 2.68. The molecule has 1 atom stereocenters. The molecule has 0 spiro atoms. The van der Waals surface area contributed by atoms with E-state index in [0.29, 0.717) is 18.0 Å². The third kappa shape index (κ3) is 5.37. The number of ether oxygens (including phenoxy) is 2. The first kappa shape index (κ1) is 20.1. The lowest BCUT2D eigenvalue weighted by atomic mass is 10.1. The first-order chi connectivity index (χ1) is 13.0. The van der Waals surface area contributed by atoms with Gasteiger partial charge in [-0.05, 0) is 44.2 Å². The zero-order chi connectivity index (χ0) is 19.8. The first-order valence-electron chi connectivity index (χ1n) is 8.66. The lowest BCUT2D eigenvalue weighted by Crippen LogP contribution is -2.33. The Kier molecular flexibility index (Phi) is 7.05. The molecular formula is C20H25N3O4. The van der Waals surface area contributed by atoms with Gasteiger partial charge in [0.05, 0.1) is 19.8 Å². The van der Waals surface area contributed by atoms with Gasteiger partial charge in [-0.15, -0.1) is 0 Å². The molecule has 0 aromatic heterocycles. The fraction of sp³-hybridized carbons (Fsp3) is 0.300. The van der Waals surface area contributed by atoms with Crippen molar-refractivity contribution in [3.05, 3.63) is 54.1 Å². The Hall–Kier alpha value is -3.22. The Morgan fingerprint density at radius 1 is 1.04 bits per heavy atom. The molecule has 7 nitrogen and oxygen atoms in total. The van der Waals surface area contributed by atoms with Crippen LogP contribution in [0.3, 0.4) is 0 Å². The molecule has 2 aromatic rings. The molecule has 2 rings (SSSR count). The molecule has 0 aliphatic rings. The van der Waals surface area contributed by atoms with Gasteiger partial charge in [-0.25, -0.2) is 9.59 Å². The van der Waals surface area contributed by atoms with Crippen molar-refractivity contribution in [3.63, 3.8) is 0 Å². The molecule has 0 saturated heterocycles. The number of methoxy groups -OCH3 is 1. The minimum absolute atomic E-state index is 0.175. The van der Waals surface area contributed by atoms with Crippen LogP contribution in [0.2, 0.25) is 0 Å². The van der Waals surface area contributed by atoms with Crippen LogP contribution in [0.1, 0.15) is 25.5 Å². The number of nitrogens with one attached hydrogen (secondary N) is 2. The molecule has 0 radical (unpaired) electrons. The number of hydrogen-bond acceptors (Lipinski definition) is 4. The molecule has 0 aliphatic carbocycles. The smallest absolute Gasteiger partial charge is 0.411 e. The van der Waals surface area contributed by atoms with Gasteiger partial charge >= 0.3 is 12.1 Å². The first-order valence-corrected chi connectivity index (χ1v) is 8.66. The van der Waals surface area contributed by atoms with Crippen molar-refractivity contribution in [2.75, 3.05) is 31.4 Å². The third-order valence-electron chi connectivity index (χ3n) is 4.15. The van der Waals surface area contributed by atoms with E-state index in [4.69, 9.17) is 9.47 Å². The number of hydrogen-bond donors (Lipinski definition) is 2.